The molecular weight excluding hydrogens is 438 g/mol. The third-order valence-corrected chi connectivity index (χ3v) is 6.34. The lowest BCUT2D eigenvalue weighted by molar-refractivity contribution is -0.873. The summed E-state index contributed by atoms with van der Waals surface area (Å²) >= 11 is 0. The summed E-state index contributed by atoms with van der Waals surface area (Å²) in [6.07, 6.45) is 27.2. The Balaban J connectivity index is 3.46. The van der Waals surface area contributed by atoms with E-state index in [1.165, 1.54) is 96.3 Å². The van der Waals surface area contributed by atoms with Gasteiger partial charge < -0.3 is 19.1 Å². The molecule has 0 aromatic carbocycles. The summed E-state index contributed by atoms with van der Waals surface area (Å²) in [6, 6.07) is 0. The molecule has 0 N–H and O–H groups in total. The Morgan fingerprint density at radius 3 is 1.57 bits per heavy atom. The predicted octanol–water partition coefficient (Wildman–Crippen LogP) is 6.73. The fourth-order valence-electron chi connectivity index (χ4n) is 4.40. The first-order valence-electron chi connectivity index (χ1n) is 14.6. The number of unbranched alkanes of at least 4 members (excludes halogenated alkanes) is 16. The summed E-state index contributed by atoms with van der Waals surface area (Å²) in [6.45, 7) is 2.72. The van der Waals surface area contributed by atoms with Crippen LogP contribution in [0.5, 0.6) is 0 Å². The smallest absolute Gasteiger partial charge is 0.306 e. The summed E-state index contributed by atoms with van der Waals surface area (Å²) in [5.74, 6) is -1.46. The maximum Gasteiger partial charge on any atom is 0.306 e. The van der Waals surface area contributed by atoms with Crippen molar-refractivity contribution in [3.05, 3.63) is 12.2 Å². The molecule has 0 radical (unpaired) electrons. The number of rotatable bonds is 25. The highest BCUT2D eigenvalue weighted by atomic mass is 16.5. The van der Waals surface area contributed by atoms with Crippen LogP contribution in [0.25, 0.3) is 0 Å². The molecule has 0 spiro atoms. The molecule has 0 fully saturated rings. The summed E-state index contributed by atoms with van der Waals surface area (Å²) in [7, 11) is 5.85. The first kappa shape index (κ1) is 33.6. The molecule has 1 atom stereocenters. The molecule has 0 aromatic rings. The number of hydrogen-bond acceptors (Lipinski definition) is 4. The molecule has 0 rings (SSSR count). The number of ether oxygens (including phenoxy) is 1. The third-order valence-electron chi connectivity index (χ3n) is 6.34. The lowest BCUT2D eigenvalue weighted by Gasteiger charge is -2.29. The van der Waals surface area contributed by atoms with Crippen LogP contribution in [-0.4, -0.2) is 50.2 Å². The molecule has 5 nitrogen and oxygen atoms in total. The van der Waals surface area contributed by atoms with E-state index in [0.29, 0.717) is 17.4 Å². The Morgan fingerprint density at radius 2 is 1.14 bits per heavy atom. The topological polar surface area (TPSA) is 66.4 Å². The fraction of sp³-hybridized carbons (Fsp3) is 0.867. The van der Waals surface area contributed by atoms with Crippen molar-refractivity contribution in [2.24, 2.45) is 0 Å². The number of carboxylic acids is 1. The number of aliphatic carboxylic acids is 1. The number of carbonyl (C=O) groups is 2. The van der Waals surface area contributed by atoms with Gasteiger partial charge in [-0.15, -0.1) is 0 Å². The summed E-state index contributed by atoms with van der Waals surface area (Å²) < 4.78 is 5.94. The average Bonchev–Trinajstić information content (AvgIpc) is 2.76. The number of nitrogens with zero attached hydrogens (tertiary/aromatic N) is 1. The zero-order valence-electron chi connectivity index (χ0n) is 23.7. The molecule has 5 heteroatoms. The molecule has 0 bridgehead atoms. The normalized spacial score (nSPS) is 12.8. The summed E-state index contributed by atoms with van der Waals surface area (Å²) in [5, 5.41) is 10.9. The van der Waals surface area contributed by atoms with Gasteiger partial charge in [0.25, 0.3) is 0 Å². The number of carbonyl (C=O) groups excluding carboxylic acids is 2. The van der Waals surface area contributed by atoms with Crippen LogP contribution in [0.2, 0.25) is 0 Å². The Labute approximate surface area is 217 Å². The number of carboxylic acid groups (broad SMARTS) is 1. The van der Waals surface area contributed by atoms with Crippen molar-refractivity contribution in [3.63, 3.8) is 0 Å². The van der Waals surface area contributed by atoms with Crippen LogP contribution in [0, 0.1) is 0 Å². The molecule has 35 heavy (non-hydrogen) atoms. The third kappa shape index (κ3) is 27.1. The minimum absolute atomic E-state index is 0.238. The van der Waals surface area contributed by atoms with Gasteiger partial charge >= 0.3 is 5.97 Å². The van der Waals surface area contributed by atoms with E-state index < -0.39 is 12.1 Å². The average molecular weight is 496 g/mol. The SMILES string of the molecule is CCCC/C=C/CCCCCCCCCCCCCCCCC(=O)OC(CC(=O)[O-])C[N+](C)(C)C. The number of likely N-dealkylation sites (N-methyl/N-ethyl adjacent to an activating group) is 1. The van der Waals surface area contributed by atoms with E-state index in [4.69, 9.17) is 4.74 Å². The minimum Gasteiger partial charge on any atom is -0.550 e. The quantitative estimate of drug-likeness (QED) is 0.0609. The molecule has 1 unspecified atom stereocenters. The van der Waals surface area contributed by atoms with Crippen molar-refractivity contribution in [2.45, 2.75) is 141 Å². The highest BCUT2D eigenvalue weighted by molar-refractivity contribution is 5.70. The van der Waals surface area contributed by atoms with E-state index in [9.17, 15) is 14.7 Å². The van der Waals surface area contributed by atoms with Gasteiger partial charge in [-0.05, 0) is 25.7 Å². The van der Waals surface area contributed by atoms with Gasteiger partial charge in [-0.2, -0.15) is 0 Å². The molecule has 0 aliphatic rings. The summed E-state index contributed by atoms with van der Waals surface area (Å²) in [4.78, 5) is 23.0. The molecular formula is C30H57NO4. The van der Waals surface area contributed by atoms with Crippen molar-refractivity contribution in [1.29, 1.82) is 0 Å². The maximum absolute atomic E-state index is 12.1. The molecule has 0 amide bonds. The molecule has 0 aliphatic heterocycles. The number of allylic oxidation sites excluding steroid dienone is 2. The van der Waals surface area contributed by atoms with Crippen LogP contribution in [-0.2, 0) is 14.3 Å². The van der Waals surface area contributed by atoms with Gasteiger partial charge in [-0.25, -0.2) is 0 Å². The van der Waals surface area contributed by atoms with Crippen LogP contribution in [0.3, 0.4) is 0 Å². The van der Waals surface area contributed by atoms with E-state index in [0.717, 1.165) is 19.3 Å². The van der Waals surface area contributed by atoms with Crippen LogP contribution < -0.4 is 5.11 Å². The molecule has 0 saturated carbocycles. The molecule has 0 heterocycles. The van der Waals surface area contributed by atoms with Crippen LogP contribution in [0.4, 0.5) is 0 Å². The second-order valence-electron chi connectivity index (χ2n) is 11.3. The van der Waals surface area contributed by atoms with Crippen molar-refractivity contribution >= 4 is 11.9 Å². The van der Waals surface area contributed by atoms with Gasteiger partial charge in [-0.3, -0.25) is 4.79 Å². The Kier molecular flexibility index (Phi) is 22.2. The molecule has 0 aliphatic carbocycles. The van der Waals surface area contributed by atoms with Crippen LogP contribution in [0.15, 0.2) is 12.2 Å². The molecule has 0 aromatic heterocycles. The van der Waals surface area contributed by atoms with E-state index in [1.54, 1.807) is 0 Å². The minimum atomic E-state index is -1.17. The molecule has 0 saturated heterocycles. The van der Waals surface area contributed by atoms with E-state index in [-0.39, 0.29) is 12.4 Å². The van der Waals surface area contributed by atoms with E-state index in [1.807, 2.05) is 21.1 Å². The van der Waals surface area contributed by atoms with Crippen LogP contribution >= 0.6 is 0 Å². The Morgan fingerprint density at radius 1 is 0.714 bits per heavy atom. The fourth-order valence-corrected chi connectivity index (χ4v) is 4.40. The highest BCUT2D eigenvalue weighted by Gasteiger charge is 2.22. The van der Waals surface area contributed by atoms with Crippen LogP contribution in [0.1, 0.15) is 135 Å². The van der Waals surface area contributed by atoms with Gasteiger partial charge in [-0.1, -0.05) is 109 Å². The Bertz CT molecular complexity index is 539. The second-order valence-corrected chi connectivity index (χ2v) is 11.3. The monoisotopic (exact) mass is 495 g/mol. The second kappa shape index (κ2) is 23.1. The highest BCUT2D eigenvalue weighted by Crippen LogP contribution is 2.14. The first-order valence-corrected chi connectivity index (χ1v) is 14.6. The standard InChI is InChI=1S/C30H57NO4/c1-5-6-7-8-9-10-11-12-13-14-15-16-17-18-19-20-21-22-23-24-25-30(34)35-28(26-29(32)33)27-31(2,3)4/h8-9,28H,5-7,10-27H2,1-4H3/b9-8+. The van der Waals surface area contributed by atoms with Gasteiger partial charge in [0.1, 0.15) is 6.54 Å². The zero-order valence-corrected chi connectivity index (χ0v) is 23.7. The van der Waals surface area contributed by atoms with Gasteiger partial charge in [0.15, 0.2) is 6.10 Å². The number of quaternary nitrogens is 1. The van der Waals surface area contributed by atoms with E-state index >= 15 is 0 Å². The van der Waals surface area contributed by atoms with Crippen molar-refractivity contribution < 1.29 is 23.9 Å². The van der Waals surface area contributed by atoms with Crippen molar-refractivity contribution in [3.8, 4) is 0 Å². The maximum atomic E-state index is 12.1. The largest absolute Gasteiger partial charge is 0.550 e. The first-order chi connectivity index (χ1) is 16.7. The predicted molar refractivity (Wildman–Crippen MR) is 145 cm³/mol. The van der Waals surface area contributed by atoms with Crippen molar-refractivity contribution in [1.82, 2.24) is 0 Å². The number of hydrogen-bond donors (Lipinski definition) is 0. The van der Waals surface area contributed by atoms with E-state index in [2.05, 4.69) is 19.1 Å². The summed E-state index contributed by atoms with van der Waals surface area (Å²) in [5.41, 5.74) is 0. The lowest BCUT2D eigenvalue weighted by atomic mass is 10.0. The Hall–Kier alpha value is -1.36. The van der Waals surface area contributed by atoms with Gasteiger partial charge in [0.05, 0.1) is 21.1 Å². The zero-order chi connectivity index (χ0) is 26.2. The van der Waals surface area contributed by atoms with Gasteiger partial charge in [0, 0.05) is 18.8 Å². The number of esters is 1. The van der Waals surface area contributed by atoms with Crippen molar-refractivity contribution in [2.75, 3.05) is 27.7 Å². The van der Waals surface area contributed by atoms with Gasteiger partial charge in [0.2, 0.25) is 0 Å². The lowest BCUT2D eigenvalue weighted by Crippen LogP contribution is -2.45. The molecule has 206 valence electrons.